The second-order valence-corrected chi connectivity index (χ2v) is 6.41. The van der Waals surface area contributed by atoms with Crippen LogP contribution in [0.5, 0.6) is 5.75 Å². The first-order valence-corrected chi connectivity index (χ1v) is 8.56. The highest BCUT2D eigenvalue weighted by Crippen LogP contribution is 2.17. The summed E-state index contributed by atoms with van der Waals surface area (Å²) < 4.78 is 19.0. The molecule has 3 heteroatoms. The molecule has 0 aromatic heterocycles. The molecule has 1 fully saturated rings. The third-order valence-electron chi connectivity index (χ3n) is 4.73. The number of benzene rings is 2. The Bertz CT molecular complexity index is 594. The van der Waals surface area contributed by atoms with Gasteiger partial charge in [0.25, 0.3) is 0 Å². The van der Waals surface area contributed by atoms with Crippen molar-refractivity contribution in [2.75, 3.05) is 26.2 Å². The number of quaternary nitrogens is 1. The van der Waals surface area contributed by atoms with Crippen LogP contribution in [0, 0.1) is 11.7 Å². The molecule has 0 radical (unpaired) electrons. The van der Waals surface area contributed by atoms with Crippen LogP contribution in [0.15, 0.2) is 54.6 Å². The van der Waals surface area contributed by atoms with Gasteiger partial charge in [-0.2, -0.15) is 0 Å². The Balaban J connectivity index is 1.37. The zero-order valence-corrected chi connectivity index (χ0v) is 13.5. The van der Waals surface area contributed by atoms with Crippen LogP contribution in [0.3, 0.4) is 0 Å². The van der Waals surface area contributed by atoms with E-state index < -0.39 is 0 Å². The maximum absolute atomic E-state index is 13.5. The molecule has 3 rings (SSSR count). The van der Waals surface area contributed by atoms with Gasteiger partial charge in [-0.05, 0) is 42.9 Å². The summed E-state index contributed by atoms with van der Waals surface area (Å²) in [4.78, 5) is 1.57. The zero-order chi connectivity index (χ0) is 15.9. The van der Waals surface area contributed by atoms with Gasteiger partial charge in [0, 0.05) is 0 Å². The van der Waals surface area contributed by atoms with Crippen molar-refractivity contribution in [3.63, 3.8) is 0 Å². The van der Waals surface area contributed by atoms with Gasteiger partial charge in [0.2, 0.25) is 0 Å². The monoisotopic (exact) mass is 314 g/mol. The summed E-state index contributed by atoms with van der Waals surface area (Å²) in [6.07, 6.45) is 3.73. The fraction of sp³-hybridized carbons (Fsp3) is 0.400. The van der Waals surface area contributed by atoms with E-state index in [-0.39, 0.29) is 5.82 Å². The Morgan fingerprint density at radius 1 is 0.957 bits per heavy atom. The molecule has 2 aromatic carbocycles. The maximum atomic E-state index is 13.5. The smallest absolute Gasteiger partial charge is 0.165 e. The van der Waals surface area contributed by atoms with Crippen molar-refractivity contribution in [2.45, 2.75) is 19.3 Å². The summed E-state index contributed by atoms with van der Waals surface area (Å²) in [5, 5.41) is 0. The van der Waals surface area contributed by atoms with Gasteiger partial charge < -0.3 is 9.64 Å². The maximum Gasteiger partial charge on any atom is 0.165 e. The predicted octanol–water partition coefficient (Wildman–Crippen LogP) is 2.74. The van der Waals surface area contributed by atoms with Crippen LogP contribution in [0.4, 0.5) is 4.39 Å². The summed E-state index contributed by atoms with van der Waals surface area (Å²) in [5.74, 6) is 0.892. The van der Waals surface area contributed by atoms with Crippen LogP contribution < -0.4 is 9.64 Å². The van der Waals surface area contributed by atoms with Crippen molar-refractivity contribution in [3.05, 3.63) is 66.0 Å². The van der Waals surface area contributed by atoms with Crippen molar-refractivity contribution in [1.29, 1.82) is 0 Å². The fourth-order valence-corrected chi connectivity index (χ4v) is 3.35. The zero-order valence-electron chi connectivity index (χ0n) is 13.5. The second-order valence-electron chi connectivity index (χ2n) is 6.41. The molecule has 0 aliphatic carbocycles. The fourth-order valence-electron chi connectivity index (χ4n) is 3.35. The number of ether oxygens (including phenoxy) is 1. The molecule has 0 bridgehead atoms. The molecule has 1 aliphatic heterocycles. The molecule has 0 unspecified atom stereocenters. The van der Waals surface area contributed by atoms with Gasteiger partial charge in [-0.1, -0.05) is 42.5 Å². The lowest BCUT2D eigenvalue weighted by atomic mass is 9.90. The summed E-state index contributed by atoms with van der Waals surface area (Å²) in [6, 6.07) is 17.4. The minimum Gasteiger partial charge on any atom is -0.485 e. The molecule has 1 heterocycles. The van der Waals surface area contributed by atoms with Crippen LogP contribution in [0.25, 0.3) is 0 Å². The first-order valence-electron chi connectivity index (χ1n) is 8.56. The van der Waals surface area contributed by atoms with E-state index in [1.165, 1.54) is 44.0 Å². The predicted molar refractivity (Wildman–Crippen MR) is 90.3 cm³/mol. The molecule has 0 spiro atoms. The Hall–Kier alpha value is -1.87. The number of hydrogen-bond acceptors (Lipinski definition) is 1. The van der Waals surface area contributed by atoms with Crippen molar-refractivity contribution in [2.24, 2.45) is 5.92 Å². The van der Waals surface area contributed by atoms with Crippen molar-refractivity contribution in [3.8, 4) is 5.75 Å². The highest BCUT2D eigenvalue weighted by atomic mass is 19.1. The van der Waals surface area contributed by atoms with E-state index in [9.17, 15) is 4.39 Å². The van der Waals surface area contributed by atoms with E-state index in [1.807, 2.05) is 0 Å². The average molecular weight is 314 g/mol. The first kappa shape index (κ1) is 16.0. The largest absolute Gasteiger partial charge is 0.485 e. The SMILES string of the molecule is Fc1ccccc1OCC[NH+]1CCC(Cc2ccccc2)CC1. The molecule has 0 atom stereocenters. The number of nitrogens with one attached hydrogen (secondary N) is 1. The molecule has 2 nitrogen and oxygen atoms in total. The molecule has 1 saturated heterocycles. The minimum absolute atomic E-state index is 0.274. The summed E-state index contributed by atoms with van der Waals surface area (Å²) in [5.41, 5.74) is 1.45. The highest BCUT2D eigenvalue weighted by molar-refractivity contribution is 5.23. The Labute approximate surface area is 137 Å². The molecule has 1 aliphatic rings. The lowest BCUT2D eigenvalue weighted by molar-refractivity contribution is -0.906. The van der Waals surface area contributed by atoms with Crippen molar-refractivity contribution in [1.82, 2.24) is 0 Å². The van der Waals surface area contributed by atoms with Crippen LogP contribution in [-0.2, 0) is 6.42 Å². The standard InChI is InChI=1S/C20H24FNO/c21-19-8-4-5-9-20(19)23-15-14-22-12-10-18(11-13-22)16-17-6-2-1-3-7-17/h1-9,18H,10-16H2/p+1. The van der Waals surface area contributed by atoms with Gasteiger partial charge in [0.1, 0.15) is 13.2 Å². The molecule has 23 heavy (non-hydrogen) atoms. The second kappa shape index (κ2) is 8.11. The Morgan fingerprint density at radius 3 is 2.39 bits per heavy atom. The van der Waals surface area contributed by atoms with Crippen LogP contribution in [0.1, 0.15) is 18.4 Å². The number of hydrogen-bond donors (Lipinski definition) is 1. The summed E-state index contributed by atoms with van der Waals surface area (Å²) >= 11 is 0. The van der Waals surface area contributed by atoms with E-state index >= 15 is 0 Å². The average Bonchev–Trinajstić information content (AvgIpc) is 2.59. The minimum atomic E-state index is -0.274. The number of rotatable bonds is 6. The van der Waals surface area contributed by atoms with E-state index in [0.29, 0.717) is 12.4 Å². The lowest BCUT2D eigenvalue weighted by Gasteiger charge is -2.29. The first-order chi connectivity index (χ1) is 11.3. The lowest BCUT2D eigenvalue weighted by Crippen LogP contribution is -3.13. The van der Waals surface area contributed by atoms with Gasteiger partial charge in [0.15, 0.2) is 11.6 Å². The Morgan fingerprint density at radius 2 is 1.65 bits per heavy atom. The summed E-state index contributed by atoms with van der Waals surface area (Å²) in [7, 11) is 0. The molecular formula is C20H25FNO+. The van der Waals surface area contributed by atoms with Gasteiger partial charge in [0.05, 0.1) is 13.1 Å². The number of likely N-dealkylation sites (tertiary alicyclic amines) is 1. The molecule has 2 aromatic rings. The molecule has 1 N–H and O–H groups in total. The van der Waals surface area contributed by atoms with Gasteiger partial charge in [-0.15, -0.1) is 0 Å². The molecule has 0 amide bonds. The van der Waals surface area contributed by atoms with Crippen molar-refractivity contribution < 1.29 is 14.0 Å². The third kappa shape index (κ3) is 4.80. The normalized spacial score (nSPS) is 21.1. The number of para-hydroxylation sites is 1. The van der Waals surface area contributed by atoms with Gasteiger partial charge in [-0.3, -0.25) is 0 Å². The molecule has 0 saturated carbocycles. The van der Waals surface area contributed by atoms with E-state index in [2.05, 4.69) is 30.3 Å². The van der Waals surface area contributed by atoms with Gasteiger partial charge in [-0.25, -0.2) is 4.39 Å². The Kier molecular flexibility index (Phi) is 5.65. The van der Waals surface area contributed by atoms with Gasteiger partial charge >= 0.3 is 0 Å². The number of piperidine rings is 1. The third-order valence-corrected chi connectivity index (χ3v) is 4.73. The quantitative estimate of drug-likeness (QED) is 0.865. The highest BCUT2D eigenvalue weighted by Gasteiger charge is 2.22. The van der Waals surface area contributed by atoms with E-state index in [0.717, 1.165) is 12.5 Å². The van der Waals surface area contributed by atoms with E-state index in [4.69, 9.17) is 4.74 Å². The van der Waals surface area contributed by atoms with E-state index in [1.54, 1.807) is 23.1 Å². The molecule has 122 valence electrons. The van der Waals surface area contributed by atoms with Crippen molar-refractivity contribution >= 4 is 0 Å². The number of halogens is 1. The van der Waals surface area contributed by atoms with Crippen LogP contribution in [0.2, 0.25) is 0 Å². The topological polar surface area (TPSA) is 13.7 Å². The van der Waals surface area contributed by atoms with Crippen LogP contribution in [-0.4, -0.2) is 26.2 Å². The molecular weight excluding hydrogens is 289 g/mol. The summed E-state index contributed by atoms with van der Waals surface area (Å²) in [6.45, 7) is 3.92. The van der Waals surface area contributed by atoms with Crippen LogP contribution >= 0.6 is 0 Å².